The normalized spacial score (nSPS) is 19.0. The van der Waals surface area contributed by atoms with Crippen molar-refractivity contribution in [2.45, 2.75) is 19.9 Å². The summed E-state index contributed by atoms with van der Waals surface area (Å²) in [5.74, 6) is 1.75. The molecule has 0 fully saturated rings. The molecule has 1 aromatic carbocycles. The van der Waals surface area contributed by atoms with E-state index >= 15 is 0 Å². The van der Waals surface area contributed by atoms with Crippen LogP contribution in [-0.4, -0.2) is 40.3 Å². The number of benzene rings is 1. The Morgan fingerprint density at radius 3 is 2.59 bits per heavy atom. The second kappa shape index (κ2) is 6.50. The highest BCUT2D eigenvalue weighted by atomic mass is 19.1. The van der Waals surface area contributed by atoms with E-state index in [1.54, 1.807) is 12.1 Å². The van der Waals surface area contributed by atoms with Crippen LogP contribution in [0.4, 0.5) is 10.1 Å². The van der Waals surface area contributed by atoms with Crippen LogP contribution in [0.5, 0.6) is 0 Å². The van der Waals surface area contributed by atoms with E-state index in [1.165, 1.54) is 12.1 Å². The summed E-state index contributed by atoms with van der Waals surface area (Å²) in [6, 6.07) is 10.4. The quantitative estimate of drug-likeness (QED) is 0.887. The van der Waals surface area contributed by atoms with Gasteiger partial charge in [0, 0.05) is 12.7 Å². The average Bonchev–Trinajstić information content (AvgIpc) is 3.08. The van der Waals surface area contributed by atoms with Crippen molar-refractivity contribution in [3.8, 4) is 0 Å². The molecular formula is C20H21FN6. The molecule has 0 amide bonds. The minimum absolute atomic E-state index is 0.0684. The Kier molecular flexibility index (Phi) is 4.14. The molecule has 0 saturated heterocycles. The maximum absolute atomic E-state index is 13.4. The molecular weight excluding hydrogens is 343 g/mol. The van der Waals surface area contributed by atoms with Crippen molar-refractivity contribution in [1.82, 2.24) is 14.8 Å². The maximum Gasteiger partial charge on any atom is 0.212 e. The first-order chi connectivity index (χ1) is 12.9. The van der Waals surface area contributed by atoms with E-state index in [-0.39, 0.29) is 11.9 Å². The van der Waals surface area contributed by atoms with Crippen LogP contribution in [0, 0.1) is 19.7 Å². The van der Waals surface area contributed by atoms with Crippen molar-refractivity contribution in [3.05, 3.63) is 71.6 Å². The van der Waals surface area contributed by atoms with Crippen molar-refractivity contribution in [2.75, 3.05) is 18.9 Å². The van der Waals surface area contributed by atoms with Crippen LogP contribution in [0.15, 0.2) is 58.8 Å². The molecule has 27 heavy (non-hydrogen) atoms. The predicted octanol–water partition coefficient (Wildman–Crippen LogP) is 3.43. The van der Waals surface area contributed by atoms with Crippen LogP contribution in [0.2, 0.25) is 0 Å². The van der Waals surface area contributed by atoms with Gasteiger partial charge in [0.15, 0.2) is 0 Å². The lowest BCUT2D eigenvalue weighted by Crippen LogP contribution is -2.50. The summed E-state index contributed by atoms with van der Waals surface area (Å²) in [7, 11) is 1.89. The molecule has 6 nitrogen and oxygen atoms in total. The molecule has 3 heterocycles. The van der Waals surface area contributed by atoms with Gasteiger partial charge in [0.2, 0.25) is 11.9 Å². The van der Waals surface area contributed by atoms with Gasteiger partial charge >= 0.3 is 0 Å². The number of pyridine rings is 1. The molecule has 2 aliphatic heterocycles. The lowest BCUT2D eigenvalue weighted by molar-refractivity contribution is 0.425. The fourth-order valence-corrected chi connectivity index (χ4v) is 3.31. The molecule has 4 rings (SSSR count). The van der Waals surface area contributed by atoms with Crippen LogP contribution in [0.1, 0.15) is 23.0 Å². The fraction of sp³-hybridized carbons (Fsp3) is 0.250. The van der Waals surface area contributed by atoms with Gasteiger partial charge in [-0.05, 0) is 43.7 Å². The van der Waals surface area contributed by atoms with Crippen molar-refractivity contribution in [3.63, 3.8) is 0 Å². The molecule has 1 aromatic heterocycles. The van der Waals surface area contributed by atoms with Gasteiger partial charge in [-0.1, -0.05) is 18.7 Å². The largest absolute Gasteiger partial charge is 0.324 e. The Balaban J connectivity index is 1.72. The summed E-state index contributed by atoms with van der Waals surface area (Å²) < 4.78 is 13.4. The highest BCUT2D eigenvalue weighted by Crippen LogP contribution is 2.32. The van der Waals surface area contributed by atoms with Gasteiger partial charge in [-0.3, -0.25) is 9.88 Å². The predicted molar refractivity (Wildman–Crippen MR) is 105 cm³/mol. The maximum atomic E-state index is 13.4. The van der Waals surface area contributed by atoms with Gasteiger partial charge in [0.25, 0.3) is 0 Å². The van der Waals surface area contributed by atoms with Crippen molar-refractivity contribution in [2.24, 2.45) is 9.98 Å². The number of rotatable bonds is 2. The molecule has 2 aromatic rings. The lowest BCUT2D eigenvalue weighted by Gasteiger charge is -2.37. The number of guanidine groups is 2. The zero-order valence-corrected chi connectivity index (χ0v) is 15.6. The zero-order chi connectivity index (χ0) is 19.1. The minimum atomic E-state index is -0.254. The molecule has 1 unspecified atom stereocenters. The van der Waals surface area contributed by atoms with E-state index in [4.69, 9.17) is 0 Å². The summed E-state index contributed by atoms with van der Waals surface area (Å²) in [5.41, 5.74) is 3.70. The van der Waals surface area contributed by atoms with E-state index in [1.807, 2.05) is 42.8 Å². The zero-order valence-electron chi connectivity index (χ0n) is 15.6. The van der Waals surface area contributed by atoms with Gasteiger partial charge in [-0.25, -0.2) is 9.38 Å². The van der Waals surface area contributed by atoms with Crippen LogP contribution in [0.25, 0.3) is 0 Å². The van der Waals surface area contributed by atoms with E-state index in [0.29, 0.717) is 18.3 Å². The summed E-state index contributed by atoms with van der Waals surface area (Å²) in [5, 5.41) is 3.38. The number of hydrogen-bond donors (Lipinski definition) is 1. The topological polar surface area (TPSA) is 56.1 Å². The number of halogens is 1. The highest BCUT2D eigenvalue weighted by Gasteiger charge is 2.38. The number of nitrogens with one attached hydrogen (secondary N) is 1. The van der Waals surface area contributed by atoms with E-state index in [2.05, 4.69) is 26.9 Å². The first-order valence-corrected chi connectivity index (χ1v) is 8.76. The van der Waals surface area contributed by atoms with Gasteiger partial charge in [0.05, 0.1) is 24.0 Å². The van der Waals surface area contributed by atoms with Crippen molar-refractivity contribution < 1.29 is 4.39 Å². The monoisotopic (exact) mass is 364 g/mol. The Labute approximate surface area is 157 Å². The van der Waals surface area contributed by atoms with E-state index in [0.717, 1.165) is 28.6 Å². The average molecular weight is 364 g/mol. The molecule has 1 N–H and O–H groups in total. The molecule has 0 bridgehead atoms. The molecule has 7 heteroatoms. The first kappa shape index (κ1) is 17.2. The molecule has 0 saturated carbocycles. The minimum Gasteiger partial charge on any atom is -0.324 e. The molecule has 138 valence electrons. The number of aliphatic imine (C=N–C) groups is 2. The fourth-order valence-electron chi connectivity index (χ4n) is 3.31. The van der Waals surface area contributed by atoms with Gasteiger partial charge < -0.3 is 10.2 Å². The standard InChI is InChI=1S/C20H21FN6/c1-12-5-10-17(13(2)23-12)25-19-24-14(3)26(4)20-22-11-18(27(19)20)15-6-8-16(21)9-7-15/h5-10,18H,3,11H2,1-2,4H3,(H,24,25). The van der Waals surface area contributed by atoms with Gasteiger partial charge in [-0.2, -0.15) is 4.99 Å². The summed E-state index contributed by atoms with van der Waals surface area (Å²) in [6.45, 7) is 8.49. The van der Waals surface area contributed by atoms with Crippen LogP contribution in [-0.2, 0) is 0 Å². The highest BCUT2D eigenvalue weighted by molar-refractivity contribution is 6.09. The summed E-state index contributed by atoms with van der Waals surface area (Å²) in [6.07, 6.45) is 0. The van der Waals surface area contributed by atoms with E-state index < -0.39 is 0 Å². The number of aromatic nitrogens is 1. The van der Waals surface area contributed by atoms with Gasteiger partial charge in [0.1, 0.15) is 11.6 Å². The lowest BCUT2D eigenvalue weighted by atomic mass is 10.1. The number of anilines is 1. The Morgan fingerprint density at radius 1 is 1.15 bits per heavy atom. The summed E-state index contributed by atoms with van der Waals surface area (Å²) >= 11 is 0. The third kappa shape index (κ3) is 3.05. The SMILES string of the molecule is C=C1N=C(Nc2ccc(C)nc2C)N2C(=NCC2c2ccc(F)cc2)N1C. The number of fused-ring (bicyclic) bond motifs is 1. The first-order valence-electron chi connectivity index (χ1n) is 8.76. The number of hydrogen-bond acceptors (Lipinski definition) is 6. The molecule has 0 aliphatic carbocycles. The Morgan fingerprint density at radius 2 is 1.89 bits per heavy atom. The third-order valence-electron chi connectivity index (χ3n) is 4.81. The van der Waals surface area contributed by atoms with Crippen LogP contribution < -0.4 is 5.32 Å². The van der Waals surface area contributed by atoms with E-state index in [9.17, 15) is 4.39 Å². The Bertz CT molecular complexity index is 963. The second-order valence-electron chi connectivity index (χ2n) is 6.70. The smallest absolute Gasteiger partial charge is 0.212 e. The second-order valence-corrected chi connectivity index (χ2v) is 6.70. The molecule has 0 radical (unpaired) electrons. The Hall–Kier alpha value is -3.22. The van der Waals surface area contributed by atoms with Crippen LogP contribution >= 0.6 is 0 Å². The molecule has 1 atom stereocenters. The van der Waals surface area contributed by atoms with Crippen molar-refractivity contribution >= 4 is 17.6 Å². The van der Waals surface area contributed by atoms with Crippen LogP contribution in [0.3, 0.4) is 0 Å². The summed E-state index contributed by atoms with van der Waals surface area (Å²) in [4.78, 5) is 17.7. The van der Waals surface area contributed by atoms with Gasteiger partial charge in [-0.15, -0.1) is 0 Å². The molecule has 0 spiro atoms. The number of aryl methyl sites for hydroxylation is 2. The van der Waals surface area contributed by atoms with Crippen molar-refractivity contribution in [1.29, 1.82) is 0 Å². The number of nitrogens with zero attached hydrogens (tertiary/aromatic N) is 5. The molecule has 2 aliphatic rings. The third-order valence-corrected chi connectivity index (χ3v) is 4.81.